The van der Waals surface area contributed by atoms with E-state index in [2.05, 4.69) is 81.5 Å². The molecule has 0 spiro atoms. The van der Waals surface area contributed by atoms with Gasteiger partial charge in [0.2, 0.25) is 0 Å². The Morgan fingerprint density at radius 3 is 1.41 bits per heavy atom. The number of unbranched alkanes of at least 4 members (excludes halogenated alkanes) is 20. The van der Waals surface area contributed by atoms with E-state index in [0.717, 1.165) is 38.7 Å². The highest BCUT2D eigenvalue weighted by atomic mass is 16.6. The average molecular weight is 781 g/mol. The number of hydrogen-bond donors (Lipinski definition) is 0. The summed E-state index contributed by atoms with van der Waals surface area (Å²) in [7, 11) is 4.34. The lowest BCUT2D eigenvalue weighted by Crippen LogP contribution is -2.27. The molecule has 0 aromatic heterocycles. The third kappa shape index (κ3) is 37.9. The van der Waals surface area contributed by atoms with Crippen LogP contribution in [0.1, 0.15) is 239 Å². The van der Waals surface area contributed by atoms with Crippen molar-refractivity contribution in [2.45, 2.75) is 251 Å². The minimum absolute atomic E-state index is 0.453. The van der Waals surface area contributed by atoms with Crippen molar-refractivity contribution in [2.75, 3.05) is 27.2 Å². The molecule has 0 aromatic rings. The zero-order chi connectivity index (χ0) is 40.3. The van der Waals surface area contributed by atoms with Gasteiger partial charge < -0.3 is 14.5 Å². The first kappa shape index (κ1) is 52.4. The number of ether oxygens (including phenoxy) is 1. The molecule has 0 amide bonds. The highest BCUT2D eigenvalue weighted by Crippen LogP contribution is 2.26. The quantitative estimate of drug-likeness (QED) is 0.0268. The van der Waals surface area contributed by atoms with Crippen LogP contribution in [-0.4, -0.2) is 50.1 Å². The molecule has 326 valence electrons. The summed E-state index contributed by atoms with van der Waals surface area (Å²) in [6.45, 7) is 6.48. The number of nitrogens with zero attached hydrogens (tertiary/aromatic N) is 2. The molecular weight excluding hydrogens is 685 g/mol. The van der Waals surface area contributed by atoms with Gasteiger partial charge in [-0.1, -0.05) is 145 Å². The van der Waals surface area contributed by atoms with Crippen LogP contribution in [0, 0.1) is 0 Å². The first-order valence-corrected chi connectivity index (χ1v) is 24.7. The predicted molar refractivity (Wildman–Crippen MR) is 250 cm³/mol. The van der Waals surface area contributed by atoms with Crippen LogP contribution in [0.25, 0.3) is 0 Å². The van der Waals surface area contributed by atoms with E-state index in [9.17, 15) is 0 Å². The van der Waals surface area contributed by atoms with E-state index in [0.29, 0.717) is 12.2 Å². The Balaban J connectivity index is 2.27. The van der Waals surface area contributed by atoms with Crippen molar-refractivity contribution in [1.82, 2.24) is 4.90 Å². The van der Waals surface area contributed by atoms with Crippen molar-refractivity contribution in [1.29, 1.82) is 0 Å². The van der Waals surface area contributed by atoms with Crippen LogP contribution in [0.2, 0.25) is 0 Å². The van der Waals surface area contributed by atoms with Gasteiger partial charge in [0.25, 0.3) is 0 Å². The van der Waals surface area contributed by atoms with E-state index in [1.54, 1.807) is 0 Å². The number of allylic oxidation sites excluding steroid dienone is 8. The van der Waals surface area contributed by atoms with Gasteiger partial charge in [-0.25, -0.2) is 0 Å². The van der Waals surface area contributed by atoms with Crippen LogP contribution in [0.3, 0.4) is 0 Å². The highest BCUT2D eigenvalue weighted by Gasteiger charge is 2.21. The van der Waals surface area contributed by atoms with Gasteiger partial charge in [-0.2, -0.15) is 0 Å². The molecule has 2 unspecified atom stereocenters. The summed E-state index contributed by atoms with van der Waals surface area (Å²) in [4.78, 5) is 8.26. The van der Waals surface area contributed by atoms with Gasteiger partial charge in [0.05, 0.1) is 17.9 Å². The van der Waals surface area contributed by atoms with Crippen LogP contribution in [0.5, 0.6) is 0 Å². The maximum absolute atomic E-state index is 6.49. The van der Waals surface area contributed by atoms with Crippen LogP contribution in [0.4, 0.5) is 0 Å². The number of oxime groups is 1. The van der Waals surface area contributed by atoms with Crippen molar-refractivity contribution in [3.63, 3.8) is 0 Å². The highest BCUT2D eigenvalue weighted by molar-refractivity contribution is 5.83. The molecule has 0 aromatic carbocycles. The molecule has 1 fully saturated rings. The summed E-state index contributed by atoms with van der Waals surface area (Å²) < 4.78 is 6.49. The summed E-state index contributed by atoms with van der Waals surface area (Å²) in [5.74, 6) is 0. The molecule has 4 heteroatoms. The summed E-state index contributed by atoms with van der Waals surface area (Å²) in [5, 5.41) is 4.75. The third-order valence-corrected chi connectivity index (χ3v) is 11.4. The molecule has 4 nitrogen and oxygen atoms in total. The predicted octanol–water partition coefficient (Wildman–Crippen LogP) is 16.6. The molecule has 1 aliphatic rings. The van der Waals surface area contributed by atoms with Crippen molar-refractivity contribution in [3.8, 4) is 0 Å². The summed E-state index contributed by atoms with van der Waals surface area (Å²) in [6.07, 6.45) is 64.2. The molecule has 1 saturated heterocycles. The van der Waals surface area contributed by atoms with E-state index in [1.165, 1.54) is 205 Å². The molecule has 0 aliphatic carbocycles. The topological polar surface area (TPSA) is 34.1 Å². The molecule has 1 heterocycles. The molecule has 1 aliphatic heterocycles. The fourth-order valence-electron chi connectivity index (χ4n) is 7.73. The fraction of sp³-hybridized carbons (Fsp3) is 0.827. The van der Waals surface area contributed by atoms with Gasteiger partial charge in [-0.15, -0.1) is 0 Å². The minimum Gasteiger partial charge on any atom is -0.396 e. The average Bonchev–Trinajstić information content (AvgIpc) is 3.20. The number of hydrogen-bond acceptors (Lipinski definition) is 4. The lowest BCUT2D eigenvalue weighted by molar-refractivity contribution is -0.0584. The Morgan fingerprint density at radius 1 is 0.518 bits per heavy atom. The van der Waals surface area contributed by atoms with Gasteiger partial charge in [0.15, 0.2) is 0 Å². The van der Waals surface area contributed by atoms with E-state index in [-0.39, 0.29) is 0 Å². The lowest BCUT2D eigenvalue weighted by atomic mass is 9.97. The first-order valence-electron chi connectivity index (χ1n) is 24.7. The molecule has 0 bridgehead atoms. The maximum Gasteiger partial charge on any atom is 0.117 e. The Hall–Kier alpha value is -1.65. The van der Waals surface area contributed by atoms with Gasteiger partial charge in [0, 0.05) is 0 Å². The van der Waals surface area contributed by atoms with Gasteiger partial charge in [-0.05, 0) is 168 Å². The largest absolute Gasteiger partial charge is 0.396 e. The summed E-state index contributed by atoms with van der Waals surface area (Å²) >= 11 is 0. The molecular formula is C52H96N2O2. The minimum atomic E-state index is 0.453. The van der Waals surface area contributed by atoms with Crippen LogP contribution >= 0.6 is 0 Å². The molecule has 0 radical (unpaired) electrons. The Labute approximate surface area is 350 Å². The lowest BCUT2D eigenvalue weighted by Gasteiger charge is -2.30. The standard InChI is InChI=1S/C52H96N2O2/c1-5-7-9-11-13-15-17-19-21-23-25-27-29-31-33-35-42-50(43-36-34-32-30-28-26-24-22-20-18-16-14-12-10-8-6-2)53-55-49-40-38-45-52-47-41-46-51(56-52)44-37-39-48-54(3)4/h13-16,19-22,51-52H,5-12,17-18,23-49H2,1-4H3/b15-13-,16-14-,21-19-,22-20-. The van der Waals surface area contributed by atoms with Crippen LogP contribution < -0.4 is 0 Å². The zero-order valence-corrected chi connectivity index (χ0v) is 38.1. The molecule has 0 N–H and O–H groups in total. The monoisotopic (exact) mass is 781 g/mol. The zero-order valence-electron chi connectivity index (χ0n) is 38.1. The van der Waals surface area contributed by atoms with Crippen molar-refractivity contribution < 1.29 is 9.57 Å². The Morgan fingerprint density at radius 2 is 0.946 bits per heavy atom. The normalized spacial score (nSPS) is 16.4. The van der Waals surface area contributed by atoms with Gasteiger partial charge in [-0.3, -0.25) is 0 Å². The van der Waals surface area contributed by atoms with Crippen LogP contribution in [-0.2, 0) is 9.57 Å². The molecule has 56 heavy (non-hydrogen) atoms. The maximum atomic E-state index is 6.49. The Kier molecular flexibility index (Phi) is 40.2. The SMILES string of the molecule is CCCCC/C=C\C/C=C\CCCCCCCCC(CCCCCCCC/C=C\C/C=C\CCCCC)=NOCCCCC1CCCC(CCCCN(C)C)O1. The van der Waals surface area contributed by atoms with E-state index < -0.39 is 0 Å². The summed E-state index contributed by atoms with van der Waals surface area (Å²) in [6, 6.07) is 0. The second kappa shape index (κ2) is 42.9. The van der Waals surface area contributed by atoms with E-state index >= 15 is 0 Å². The molecule has 1 rings (SSSR count). The Bertz CT molecular complexity index is 900. The fourth-order valence-corrected chi connectivity index (χ4v) is 7.73. The van der Waals surface area contributed by atoms with Crippen molar-refractivity contribution >= 4 is 5.71 Å². The van der Waals surface area contributed by atoms with Gasteiger partial charge >= 0.3 is 0 Å². The first-order chi connectivity index (χ1) is 27.7. The van der Waals surface area contributed by atoms with E-state index in [4.69, 9.17) is 14.7 Å². The van der Waals surface area contributed by atoms with E-state index in [1.807, 2.05) is 0 Å². The van der Waals surface area contributed by atoms with Crippen LogP contribution in [0.15, 0.2) is 53.8 Å². The second-order valence-electron chi connectivity index (χ2n) is 17.3. The van der Waals surface area contributed by atoms with Gasteiger partial charge in [0.1, 0.15) is 6.61 Å². The van der Waals surface area contributed by atoms with Crippen molar-refractivity contribution in [2.24, 2.45) is 5.16 Å². The second-order valence-corrected chi connectivity index (χ2v) is 17.3. The number of rotatable bonds is 41. The smallest absolute Gasteiger partial charge is 0.117 e. The summed E-state index contributed by atoms with van der Waals surface area (Å²) in [5.41, 5.74) is 1.31. The molecule has 0 saturated carbocycles. The molecule has 2 atom stereocenters. The third-order valence-electron chi connectivity index (χ3n) is 11.4. The van der Waals surface area contributed by atoms with Crippen molar-refractivity contribution in [3.05, 3.63) is 48.6 Å².